The lowest BCUT2D eigenvalue weighted by atomic mass is 9.86. The molecule has 0 spiro atoms. The summed E-state index contributed by atoms with van der Waals surface area (Å²) < 4.78 is 2.05. The van der Waals surface area contributed by atoms with Crippen LogP contribution in [0, 0.1) is 0 Å². The number of aliphatic hydroxyl groups excluding tert-OH is 1. The summed E-state index contributed by atoms with van der Waals surface area (Å²) in [5, 5.41) is 9.18. The van der Waals surface area contributed by atoms with Gasteiger partial charge in [-0.05, 0) is 49.6 Å². The highest BCUT2D eigenvalue weighted by Gasteiger charge is 2.19. The molecule has 1 aromatic carbocycles. The van der Waals surface area contributed by atoms with Gasteiger partial charge in [0.25, 0.3) is 0 Å². The maximum atomic E-state index is 9.18. The molecule has 0 aliphatic rings. The number of hydrogen-bond donors (Lipinski definition) is 1. The molecule has 72 valence electrons. The second kappa shape index (κ2) is 4.11. The molecule has 1 nitrogen and oxygen atoms in total. The van der Waals surface area contributed by atoms with Crippen LogP contribution in [0.25, 0.3) is 0 Å². The van der Waals surface area contributed by atoms with E-state index in [-0.39, 0.29) is 12.0 Å². The molecular formula is C10H12Br2O. The second-order valence-corrected chi connectivity index (χ2v) is 5.38. The fourth-order valence-electron chi connectivity index (χ4n) is 1.01. The summed E-state index contributed by atoms with van der Waals surface area (Å²) in [6.07, 6.45) is 0. The second-order valence-electron chi connectivity index (χ2n) is 3.67. The minimum atomic E-state index is -0.177. The Bertz CT molecular complexity index is 308. The maximum absolute atomic E-state index is 9.18. The van der Waals surface area contributed by atoms with Gasteiger partial charge in [0.15, 0.2) is 0 Å². The number of hydrogen-bond acceptors (Lipinski definition) is 1. The van der Waals surface area contributed by atoms with E-state index in [0.29, 0.717) is 0 Å². The van der Waals surface area contributed by atoms with E-state index in [1.807, 2.05) is 32.0 Å². The Balaban J connectivity index is 3.10. The van der Waals surface area contributed by atoms with Gasteiger partial charge < -0.3 is 5.11 Å². The zero-order chi connectivity index (χ0) is 10.1. The molecular weight excluding hydrogens is 296 g/mol. The monoisotopic (exact) mass is 306 g/mol. The molecule has 0 radical (unpaired) electrons. The smallest absolute Gasteiger partial charge is 0.0522 e. The van der Waals surface area contributed by atoms with Gasteiger partial charge in [0, 0.05) is 14.4 Å². The fourth-order valence-corrected chi connectivity index (χ4v) is 1.63. The molecule has 0 heterocycles. The van der Waals surface area contributed by atoms with E-state index in [2.05, 4.69) is 31.9 Å². The third-order valence-electron chi connectivity index (χ3n) is 2.10. The Hall–Kier alpha value is 0.140. The molecule has 0 saturated carbocycles. The molecule has 0 fully saturated rings. The van der Waals surface area contributed by atoms with Crippen molar-refractivity contribution in [3.8, 4) is 0 Å². The van der Waals surface area contributed by atoms with Gasteiger partial charge in [-0.15, -0.1) is 0 Å². The molecule has 0 aliphatic heterocycles. The fraction of sp³-hybridized carbons (Fsp3) is 0.400. The predicted molar refractivity (Wildman–Crippen MR) is 62.0 cm³/mol. The lowest BCUT2D eigenvalue weighted by molar-refractivity contribution is 0.218. The Kier molecular flexibility index (Phi) is 3.55. The van der Waals surface area contributed by atoms with Crippen LogP contribution < -0.4 is 0 Å². The molecule has 1 rings (SSSR count). The van der Waals surface area contributed by atoms with E-state index in [1.54, 1.807) is 0 Å². The summed E-state index contributed by atoms with van der Waals surface area (Å²) in [6.45, 7) is 4.19. The Morgan fingerprint density at radius 1 is 1.23 bits per heavy atom. The van der Waals surface area contributed by atoms with Crippen molar-refractivity contribution in [3.63, 3.8) is 0 Å². The quantitative estimate of drug-likeness (QED) is 0.887. The Morgan fingerprint density at radius 2 is 1.85 bits per heavy atom. The number of halogens is 2. The molecule has 0 aromatic heterocycles. The lowest BCUT2D eigenvalue weighted by Gasteiger charge is -2.22. The van der Waals surface area contributed by atoms with Gasteiger partial charge in [-0.2, -0.15) is 0 Å². The molecule has 0 bridgehead atoms. The molecule has 0 aliphatic carbocycles. The van der Waals surface area contributed by atoms with Gasteiger partial charge in [0.2, 0.25) is 0 Å². The Morgan fingerprint density at radius 3 is 2.31 bits per heavy atom. The van der Waals surface area contributed by atoms with Crippen molar-refractivity contribution in [1.82, 2.24) is 0 Å². The van der Waals surface area contributed by atoms with Gasteiger partial charge >= 0.3 is 0 Å². The van der Waals surface area contributed by atoms with Crippen molar-refractivity contribution in [2.24, 2.45) is 0 Å². The topological polar surface area (TPSA) is 20.2 Å². The van der Waals surface area contributed by atoms with E-state index in [9.17, 15) is 5.11 Å². The SMILES string of the molecule is CC(C)(CO)c1ccc(Br)c(Br)c1. The number of aliphatic hydroxyl groups is 1. The summed E-state index contributed by atoms with van der Waals surface area (Å²) in [5.41, 5.74) is 0.952. The van der Waals surface area contributed by atoms with Crippen LogP contribution in [0.3, 0.4) is 0 Å². The average molecular weight is 308 g/mol. The number of rotatable bonds is 2. The highest BCUT2D eigenvalue weighted by molar-refractivity contribution is 9.13. The van der Waals surface area contributed by atoms with Gasteiger partial charge in [-0.3, -0.25) is 0 Å². The van der Waals surface area contributed by atoms with Gasteiger partial charge in [0.1, 0.15) is 0 Å². The lowest BCUT2D eigenvalue weighted by Crippen LogP contribution is -2.21. The van der Waals surface area contributed by atoms with Gasteiger partial charge in [0.05, 0.1) is 6.61 Å². The first-order chi connectivity index (χ1) is 5.97. The zero-order valence-corrected chi connectivity index (χ0v) is 10.8. The van der Waals surface area contributed by atoms with Crippen LogP contribution >= 0.6 is 31.9 Å². The van der Waals surface area contributed by atoms with Crippen molar-refractivity contribution >= 4 is 31.9 Å². The van der Waals surface area contributed by atoms with Crippen LogP contribution in [0.15, 0.2) is 27.1 Å². The predicted octanol–water partition coefficient (Wildman–Crippen LogP) is 3.48. The van der Waals surface area contributed by atoms with E-state index < -0.39 is 0 Å². The molecule has 1 N–H and O–H groups in total. The summed E-state index contributed by atoms with van der Waals surface area (Å²) >= 11 is 6.85. The summed E-state index contributed by atoms with van der Waals surface area (Å²) in [5.74, 6) is 0. The third-order valence-corrected chi connectivity index (χ3v) is 3.98. The first-order valence-electron chi connectivity index (χ1n) is 4.04. The molecule has 0 amide bonds. The molecule has 0 saturated heterocycles. The molecule has 3 heteroatoms. The normalized spacial score (nSPS) is 11.8. The highest BCUT2D eigenvalue weighted by Crippen LogP contribution is 2.29. The van der Waals surface area contributed by atoms with Crippen molar-refractivity contribution in [2.75, 3.05) is 6.61 Å². The van der Waals surface area contributed by atoms with Crippen molar-refractivity contribution in [1.29, 1.82) is 0 Å². The number of benzene rings is 1. The first-order valence-corrected chi connectivity index (χ1v) is 5.62. The molecule has 1 aromatic rings. The zero-order valence-electron chi connectivity index (χ0n) is 7.64. The standard InChI is InChI=1S/C10H12Br2O/c1-10(2,6-13)7-3-4-8(11)9(12)5-7/h3-5,13H,6H2,1-2H3. The minimum Gasteiger partial charge on any atom is -0.395 e. The van der Waals surface area contributed by atoms with E-state index >= 15 is 0 Å². The van der Waals surface area contributed by atoms with Crippen LogP contribution in [0.4, 0.5) is 0 Å². The highest BCUT2D eigenvalue weighted by atomic mass is 79.9. The summed E-state index contributed by atoms with van der Waals surface area (Å²) in [7, 11) is 0. The van der Waals surface area contributed by atoms with Crippen LogP contribution in [0.1, 0.15) is 19.4 Å². The largest absolute Gasteiger partial charge is 0.395 e. The van der Waals surface area contributed by atoms with Crippen LogP contribution in [0.2, 0.25) is 0 Å². The van der Waals surface area contributed by atoms with E-state index in [4.69, 9.17) is 0 Å². The van der Waals surface area contributed by atoms with Crippen molar-refractivity contribution in [3.05, 3.63) is 32.7 Å². The molecule has 0 atom stereocenters. The van der Waals surface area contributed by atoms with Crippen molar-refractivity contribution in [2.45, 2.75) is 19.3 Å². The molecule has 13 heavy (non-hydrogen) atoms. The van der Waals surface area contributed by atoms with Gasteiger partial charge in [-0.1, -0.05) is 19.9 Å². The van der Waals surface area contributed by atoms with Crippen LogP contribution in [-0.2, 0) is 5.41 Å². The van der Waals surface area contributed by atoms with Crippen LogP contribution in [-0.4, -0.2) is 11.7 Å². The van der Waals surface area contributed by atoms with Gasteiger partial charge in [-0.25, -0.2) is 0 Å². The molecule has 0 unspecified atom stereocenters. The summed E-state index contributed by atoms with van der Waals surface area (Å²) in [6, 6.07) is 6.03. The first kappa shape index (κ1) is 11.2. The van der Waals surface area contributed by atoms with Crippen molar-refractivity contribution < 1.29 is 5.11 Å². The maximum Gasteiger partial charge on any atom is 0.0522 e. The third kappa shape index (κ3) is 2.55. The van der Waals surface area contributed by atoms with Crippen LogP contribution in [0.5, 0.6) is 0 Å². The van der Waals surface area contributed by atoms with E-state index in [0.717, 1.165) is 14.5 Å². The average Bonchev–Trinajstić information content (AvgIpc) is 2.09. The Labute approximate surface area is 95.4 Å². The van der Waals surface area contributed by atoms with E-state index in [1.165, 1.54) is 0 Å². The minimum absolute atomic E-state index is 0.154. The summed E-state index contributed by atoms with van der Waals surface area (Å²) in [4.78, 5) is 0.